The summed E-state index contributed by atoms with van der Waals surface area (Å²) >= 11 is 0. The van der Waals surface area contributed by atoms with Gasteiger partial charge in [0.05, 0.1) is 6.61 Å². The molecule has 1 fully saturated rings. The van der Waals surface area contributed by atoms with E-state index in [1.54, 1.807) is 0 Å². The molecule has 17 heavy (non-hydrogen) atoms. The fourth-order valence-corrected chi connectivity index (χ4v) is 2.78. The zero-order chi connectivity index (χ0) is 11.7. The number of rotatable bonds is 2. The average molecular weight is 233 g/mol. The van der Waals surface area contributed by atoms with Gasteiger partial charge in [0.15, 0.2) is 0 Å². The van der Waals surface area contributed by atoms with Crippen LogP contribution in [-0.4, -0.2) is 25.3 Å². The molecule has 1 spiro atoms. The maximum absolute atomic E-state index is 6.20. The first kappa shape index (κ1) is 10.9. The molecule has 0 amide bonds. The van der Waals surface area contributed by atoms with E-state index in [9.17, 15) is 0 Å². The molecule has 3 rings (SSSR count). The van der Waals surface area contributed by atoms with Crippen molar-refractivity contribution < 1.29 is 9.47 Å². The van der Waals surface area contributed by atoms with Crippen LogP contribution >= 0.6 is 0 Å². The lowest BCUT2D eigenvalue weighted by molar-refractivity contribution is 0.0663. The van der Waals surface area contributed by atoms with Crippen LogP contribution < -0.4 is 14.8 Å². The van der Waals surface area contributed by atoms with E-state index in [0.29, 0.717) is 6.61 Å². The van der Waals surface area contributed by atoms with Crippen molar-refractivity contribution in [1.82, 2.24) is 5.32 Å². The van der Waals surface area contributed by atoms with Gasteiger partial charge in [-0.1, -0.05) is 0 Å². The number of hydrogen-bond donors (Lipinski definition) is 1. The molecule has 2 heterocycles. The second-order valence-electron chi connectivity index (χ2n) is 4.91. The topological polar surface area (TPSA) is 30.5 Å². The first-order valence-corrected chi connectivity index (χ1v) is 6.47. The van der Waals surface area contributed by atoms with Crippen LogP contribution in [0.15, 0.2) is 18.2 Å². The second-order valence-corrected chi connectivity index (χ2v) is 4.91. The van der Waals surface area contributed by atoms with Gasteiger partial charge in [-0.15, -0.1) is 0 Å². The SMILES string of the molecule is CCOc1ccc2c(c1)CCC1(CCNC1)O2. The summed E-state index contributed by atoms with van der Waals surface area (Å²) in [6, 6.07) is 6.18. The third-order valence-electron chi connectivity index (χ3n) is 3.72. The molecule has 1 aromatic rings. The summed E-state index contributed by atoms with van der Waals surface area (Å²) in [5, 5.41) is 3.40. The van der Waals surface area contributed by atoms with E-state index in [1.807, 2.05) is 13.0 Å². The van der Waals surface area contributed by atoms with Crippen LogP contribution in [0.1, 0.15) is 25.3 Å². The molecule has 1 atom stereocenters. The van der Waals surface area contributed by atoms with Crippen molar-refractivity contribution in [2.75, 3.05) is 19.7 Å². The summed E-state index contributed by atoms with van der Waals surface area (Å²) in [5.41, 5.74) is 1.34. The fraction of sp³-hybridized carbons (Fsp3) is 0.571. The molecular formula is C14H19NO2. The second kappa shape index (κ2) is 4.22. The molecule has 1 saturated heterocycles. The highest BCUT2D eigenvalue weighted by Gasteiger charge is 2.38. The average Bonchev–Trinajstić information content (AvgIpc) is 2.78. The fourth-order valence-electron chi connectivity index (χ4n) is 2.78. The minimum absolute atomic E-state index is 0.0557. The highest BCUT2D eigenvalue weighted by atomic mass is 16.5. The Bertz CT molecular complexity index is 411. The number of fused-ring (bicyclic) bond motifs is 1. The highest BCUT2D eigenvalue weighted by molar-refractivity contribution is 5.42. The van der Waals surface area contributed by atoms with Gasteiger partial charge < -0.3 is 14.8 Å². The van der Waals surface area contributed by atoms with Gasteiger partial charge in [0.1, 0.15) is 17.1 Å². The highest BCUT2D eigenvalue weighted by Crippen LogP contribution is 2.38. The third-order valence-corrected chi connectivity index (χ3v) is 3.72. The Kier molecular flexibility index (Phi) is 2.71. The van der Waals surface area contributed by atoms with Gasteiger partial charge in [0, 0.05) is 13.0 Å². The van der Waals surface area contributed by atoms with Gasteiger partial charge in [-0.05, 0) is 50.1 Å². The van der Waals surface area contributed by atoms with Crippen molar-refractivity contribution in [2.24, 2.45) is 0 Å². The molecule has 3 nitrogen and oxygen atoms in total. The maximum atomic E-state index is 6.20. The van der Waals surface area contributed by atoms with Gasteiger partial charge >= 0.3 is 0 Å². The summed E-state index contributed by atoms with van der Waals surface area (Å²) in [4.78, 5) is 0. The lowest BCUT2D eigenvalue weighted by Crippen LogP contribution is -2.41. The summed E-state index contributed by atoms with van der Waals surface area (Å²) in [5.74, 6) is 2.00. The lowest BCUT2D eigenvalue weighted by Gasteiger charge is -2.35. The quantitative estimate of drug-likeness (QED) is 0.849. The van der Waals surface area contributed by atoms with Crippen molar-refractivity contribution in [3.8, 4) is 11.5 Å². The molecule has 2 aliphatic rings. The van der Waals surface area contributed by atoms with E-state index < -0.39 is 0 Å². The van der Waals surface area contributed by atoms with Crippen LogP contribution in [0.25, 0.3) is 0 Å². The van der Waals surface area contributed by atoms with Crippen molar-refractivity contribution in [3.63, 3.8) is 0 Å². The van der Waals surface area contributed by atoms with Gasteiger partial charge in [0.2, 0.25) is 0 Å². The Morgan fingerprint density at radius 1 is 1.41 bits per heavy atom. The first-order valence-electron chi connectivity index (χ1n) is 6.47. The standard InChI is InChI=1S/C14H19NO2/c1-2-16-12-3-4-13-11(9-12)5-6-14(17-13)7-8-15-10-14/h3-4,9,15H,2,5-8,10H2,1H3. The Morgan fingerprint density at radius 2 is 2.35 bits per heavy atom. The Hall–Kier alpha value is -1.22. The van der Waals surface area contributed by atoms with Gasteiger partial charge in [0.25, 0.3) is 0 Å². The number of nitrogens with one attached hydrogen (secondary N) is 1. The summed E-state index contributed by atoms with van der Waals surface area (Å²) < 4.78 is 11.7. The van der Waals surface area contributed by atoms with Crippen LogP contribution in [0.5, 0.6) is 11.5 Å². The van der Waals surface area contributed by atoms with Gasteiger partial charge in [-0.3, -0.25) is 0 Å². The zero-order valence-corrected chi connectivity index (χ0v) is 10.3. The molecule has 0 aromatic heterocycles. The Balaban J connectivity index is 1.83. The largest absolute Gasteiger partial charge is 0.494 e. The zero-order valence-electron chi connectivity index (χ0n) is 10.3. The molecule has 0 radical (unpaired) electrons. The van der Waals surface area contributed by atoms with Gasteiger partial charge in [-0.2, -0.15) is 0 Å². The minimum Gasteiger partial charge on any atom is -0.494 e. The van der Waals surface area contributed by atoms with Crippen LogP contribution in [0.4, 0.5) is 0 Å². The van der Waals surface area contributed by atoms with E-state index in [2.05, 4.69) is 17.4 Å². The van der Waals surface area contributed by atoms with Crippen LogP contribution in [0.3, 0.4) is 0 Å². The molecular weight excluding hydrogens is 214 g/mol. The summed E-state index contributed by atoms with van der Waals surface area (Å²) in [7, 11) is 0. The number of hydrogen-bond acceptors (Lipinski definition) is 3. The molecule has 1 unspecified atom stereocenters. The molecule has 3 heteroatoms. The maximum Gasteiger partial charge on any atom is 0.123 e. The van der Waals surface area contributed by atoms with Crippen molar-refractivity contribution >= 4 is 0 Å². The van der Waals surface area contributed by atoms with Crippen LogP contribution in [-0.2, 0) is 6.42 Å². The third kappa shape index (κ3) is 2.00. The van der Waals surface area contributed by atoms with Crippen LogP contribution in [0, 0.1) is 0 Å². The van der Waals surface area contributed by atoms with E-state index in [4.69, 9.17) is 9.47 Å². The van der Waals surface area contributed by atoms with Crippen LogP contribution in [0.2, 0.25) is 0 Å². The first-order chi connectivity index (χ1) is 8.31. The van der Waals surface area contributed by atoms with Crippen molar-refractivity contribution in [2.45, 2.75) is 31.8 Å². The Morgan fingerprint density at radius 3 is 3.12 bits per heavy atom. The Labute approximate surface area is 102 Å². The normalized spacial score (nSPS) is 26.6. The predicted octanol–water partition coefficient (Wildman–Crippen LogP) is 2.14. The van der Waals surface area contributed by atoms with E-state index in [1.165, 1.54) is 5.56 Å². The minimum atomic E-state index is 0.0557. The molecule has 1 N–H and O–H groups in total. The molecule has 2 aliphatic heterocycles. The summed E-state index contributed by atoms with van der Waals surface area (Å²) in [6.45, 7) is 4.79. The number of ether oxygens (including phenoxy) is 2. The number of benzene rings is 1. The van der Waals surface area contributed by atoms with Crippen molar-refractivity contribution in [1.29, 1.82) is 0 Å². The lowest BCUT2D eigenvalue weighted by atomic mass is 9.90. The van der Waals surface area contributed by atoms with E-state index >= 15 is 0 Å². The number of aryl methyl sites for hydroxylation is 1. The molecule has 1 aromatic carbocycles. The predicted molar refractivity (Wildman–Crippen MR) is 66.8 cm³/mol. The monoisotopic (exact) mass is 233 g/mol. The van der Waals surface area contributed by atoms with E-state index in [-0.39, 0.29) is 5.60 Å². The molecule has 0 aliphatic carbocycles. The molecule has 92 valence electrons. The summed E-state index contributed by atoms with van der Waals surface area (Å²) in [6.07, 6.45) is 3.33. The molecule has 0 saturated carbocycles. The van der Waals surface area contributed by atoms with Gasteiger partial charge in [-0.25, -0.2) is 0 Å². The smallest absolute Gasteiger partial charge is 0.123 e. The van der Waals surface area contributed by atoms with E-state index in [0.717, 1.165) is 43.9 Å². The molecule has 0 bridgehead atoms. The van der Waals surface area contributed by atoms with Crippen molar-refractivity contribution in [3.05, 3.63) is 23.8 Å².